The first-order valence-electron chi connectivity index (χ1n) is 5.55. The molecule has 0 aliphatic heterocycles. The molecule has 0 aliphatic rings. The van der Waals surface area contributed by atoms with Gasteiger partial charge >= 0.3 is 0 Å². The van der Waals surface area contributed by atoms with Gasteiger partial charge in [-0.2, -0.15) is 15.0 Å². The van der Waals surface area contributed by atoms with E-state index in [1.807, 2.05) is 12.1 Å². The lowest BCUT2D eigenvalue weighted by atomic mass is 10.2. The van der Waals surface area contributed by atoms with Crippen molar-refractivity contribution >= 4 is 5.82 Å². The van der Waals surface area contributed by atoms with E-state index in [1.54, 1.807) is 30.5 Å². The van der Waals surface area contributed by atoms with Gasteiger partial charge in [0.25, 0.3) is 0 Å². The number of nitrogen functional groups attached to an aromatic ring is 1. The highest BCUT2D eigenvalue weighted by atomic mass is 16.3. The molecule has 0 bridgehead atoms. The molecule has 0 aromatic carbocycles. The smallest absolute Gasteiger partial charge is 0.155 e. The second-order valence-electron chi connectivity index (χ2n) is 3.80. The predicted octanol–water partition coefficient (Wildman–Crippen LogP) is 1.98. The number of nitriles is 1. The summed E-state index contributed by atoms with van der Waals surface area (Å²) in [6.07, 6.45) is 3.15. The quantitative estimate of drug-likeness (QED) is 0.751. The predicted molar refractivity (Wildman–Crippen MR) is 68.2 cm³/mol. The normalized spacial score (nSPS) is 10.3. The summed E-state index contributed by atoms with van der Waals surface area (Å²) in [6.45, 7) is 0. The van der Waals surface area contributed by atoms with E-state index < -0.39 is 0 Å². The van der Waals surface area contributed by atoms with E-state index in [-0.39, 0.29) is 11.4 Å². The Morgan fingerprint density at radius 1 is 1.26 bits per heavy atom. The molecule has 0 atom stereocenters. The van der Waals surface area contributed by atoms with Crippen LogP contribution in [0.25, 0.3) is 17.3 Å². The molecule has 0 unspecified atom stereocenters. The number of nitrogens with two attached hydrogens (primary N) is 1. The third-order valence-electron chi connectivity index (χ3n) is 2.65. The lowest BCUT2D eigenvalue weighted by Gasteiger charge is -2.00. The maximum absolute atomic E-state index is 9.21. The second kappa shape index (κ2) is 4.31. The Bertz CT molecular complexity index is 737. The molecule has 0 spiro atoms. The number of nitrogens with zero attached hydrogens (tertiary/aromatic N) is 4. The number of aromatic nitrogens is 3. The highest BCUT2D eigenvalue weighted by molar-refractivity contribution is 5.70. The van der Waals surface area contributed by atoms with Crippen LogP contribution in [0.5, 0.6) is 0 Å². The highest BCUT2D eigenvalue weighted by Crippen LogP contribution is 2.28. The Labute approximate surface area is 108 Å². The number of hydrogen-bond acceptors (Lipinski definition) is 5. The molecule has 6 heteroatoms. The van der Waals surface area contributed by atoms with Gasteiger partial charge in [0.15, 0.2) is 11.6 Å². The Balaban J connectivity index is 2.22. The summed E-state index contributed by atoms with van der Waals surface area (Å²) in [5, 5.41) is 13.5. The van der Waals surface area contributed by atoms with Crippen molar-refractivity contribution in [1.29, 1.82) is 5.26 Å². The second-order valence-corrected chi connectivity index (χ2v) is 3.80. The summed E-state index contributed by atoms with van der Waals surface area (Å²) in [7, 11) is 0. The zero-order valence-electron chi connectivity index (χ0n) is 9.82. The molecule has 0 radical (unpaired) electrons. The monoisotopic (exact) mass is 251 g/mol. The van der Waals surface area contributed by atoms with Crippen LogP contribution in [0, 0.1) is 11.3 Å². The summed E-state index contributed by atoms with van der Waals surface area (Å²) < 4.78 is 6.69. The standard InChI is InChI=1S/C13H9N5O/c14-8-9-12(10-4-3-7-19-10)17-18(13(9)15)11-5-1-2-6-16-11/h1-7H,15H2. The van der Waals surface area contributed by atoms with Gasteiger partial charge in [0.2, 0.25) is 0 Å². The number of hydrogen-bond donors (Lipinski definition) is 1. The van der Waals surface area contributed by atoms with Gasteiger partial charge in [-0.3, -0.25) is 0 Å². The van der Waals surface area contributed by atoms with E-state index in [4.69, 9.17) is 10.2 Å². The van der Waals surface area contributed by atoms with E-state index in [1.165, 1.54) is 10.9 Å². The van der Waals surface area contributed by atoms with Crippen LogP contribution >= 0.6 is 0 Å². The molecule has 0 aliphatic carbocycles. The van der Waals surface area contributed by atoms with Crippen molar-refractivity contribution in [3.63, 3.8) is 0 Å². The van der Waals surface area contributed by atoms with Crippen molar-refractivity contribution in [2.75, 3.05) is 5.73 Å². The van der Waals surface area contributed by atoms with E-state index in [2.05, 4.69) is 10.1 Å². The van der Waals surface area contributed by atoms with Crippen LogP contribution in [0.3, 0.4) is 0 Å². The molecule has 3 aromatic heterocycles. The van der Waals surface area contributed by atoms with Gasteiger partial charge in [-0.05, 0) is 24.3 Å². The van der Waals surface area contributed by atoms with Crippen LogP contribution in [0.4, 0.5) is 5.82 Å². The maximum Gasteiger partial charge on any atom is 0.155 e. The number of pyridine rings is 1. The van der Waals surface area contributed by atoms with Crippen LogP contribution in [-0.2, 0) is 0 Å². The average Bonchev–Trinajstić information content (AvgIpc) is 3.07. The molecule has 3 rings (SSSR count). The fourth-order valence-corrected chi connectivity index (χ4v) is 1.78. The van der Waals surface area contributed by atoms with E-state index in [9.17, 15) is 5.26 Å². The molecule has 3 heterocycles. The zero-order chi connectivity index (χ0) is 13.2. The fraction of sp³-hybridized carbons (Fsp3) is 0. The SMILES string of the molecule is N#Cc1c(-c2ccco2)nn(-c2ccccn2)c1N. The van der Waals surface area contributed by atoms with Crippen LogP contribution in [0.2, 0.25) is 0 Å². The van der Waals surface area contributed by atoms with Gasteiger partial charge in [-0.25, -0.2) is 4.98 Å². The Kier molecular flexibility index (Phi) is 2.50. The fourth-order valence-electron chi connectivity index (χ4n) is 1.78. The first kappa shape index (κ1) is 11.0. The van der Waals surface area contributed by atoms with Gasteiger partial charge in [0.1, 0.15) is 23.1 Å². The van der Waals surface area contributed by atoms with Crippen molar-refractivity contribution in [2.45, 2.75) is 0 Å². The van der Waals surface area contributed by atoms with Crippen LogP contribution in [0.1, 0.15) is 5.56 Å². The molecule has 0 saturated carbocycles. The van der Waals surface area contributed by atoms with Crippen molar-refractivity contribution < 1.29 is 4.42 Å². The van der Waals surface area contributed by atoms with Gasteiger partial charge in [0, 0.05) is 6.20 Å². The van der Waals surface area contributed by atoms with Crippen LogP contribution in [0.15, 0.2) is 47.2 Å². The number of furan rings is 1. The first-order valence-corrected chi connectivity index (χ1v) is 5.55. The van der Waals surface area contributed by atoms with E-state index in [0.717, 1.165) is 0 Å². The summed E-state index contributed by atoms with van der Waals surface area (Å²) >= 11 is 0. The van der Waals surface area contributed by atoms with E-state index in [0.29, 0.717) is 17.3 Å². The molecule has 3 aromatic rings. The summed E-state index contributed by atoms with van der Waals surface area (Å²) in [5.41, 5.74) is 6.64. The van der Waals surface area contributed by atoms with Crippen molar-refractivity contribution in [2.24, 2.45) is 0 Å². The van der Waals surface area contributed by atoms with Gasteiger partial charge in [-0.15, -0.1) is 0 Å². The van der Waals surface area contributed by atoms with Crippen molar-refractivity contribution in [1.82, 2.24) is 14.8 Å². The molecule has 6 nitrogen and oxygen atoms in total. The molecule has 92 valence electrons. The molecule has 0 saturated heterocycles. The third kappa shape index (κ3) is 1.73. The van der Waals surface area contributed by atoms with Gasteiger partial charge in [0.05, 0.1) is 6.26 Å². The summed E-state index contributed by atoms with van der Waals surface area (Å²) in [4.78, 5) is 4.16. The lowest BCUT2D eigenvalue weighted by Crippen LogP contribution is -2.03. The Morgan fingerprint density at radius 2 is 2.16 bits per heavy atom. The summed E-state index contributed by atoms with van der Waals surface area (Å²) in [6, 6.07) is 10.9. The first-order chi connectivity index (χ1) is 9.31. The highest BCUT2D eigenvalue weighted by Gasteiger charge is 2.19. The van der Waals surface area contributed by atoms with Crippen LogP contribution in [-0.4, -0.2) is 14.8 Å². The minimum atomic E-state index is 0.243. The van der Waals surface area contributed by atoms with Crippen LogP contribution < -0.4 is 5.73 Å². The largest absolute Gasteiger partial charge is 0.463 e. The van der Waals surface area contributed by atoms with Crippen molar-refractivity contribution in [3.8, 4) is 23.3 Å². The molecule has 19 heavy (non-hydrogen) atoms. The molecule has 2 N–H and O–H groups in total. The number of rotatable bonds is 2. The Morgan fingerprint density at radius 3 is 2.79 bits per heavy atom. The molecule has 0 amide bonds. The average molecular weight is 251 g/mol. The maximum atomic E-state index is 9.21. The minimum absolute atomic E-state index is 0.243. The number of anilines is 1. The molecular formula is C13H9N5O. The minimum Gasteiger partial charge on any atom is -0.463 e. The van der Waals surface area contributed by atoms with E-state index >= 15 is 0 Å². The van der Waals surface area contributed by atoms with Gasteiger partial charge in [-0.1, -0.05) is 6.07 Å². The third-order valence-corrected chi connectivity index (χ3v) is 2.65. The summed E-state index contributed by atoms with van der Waals surface area (Å²) in [5.74, 6) is 1.29. The Hall–Kier alpha value is -3.07. The molecular weight excluding hydrogens is 242 g/mol. The zero-order valence-corrected chi connectivity index (χ0v) is 9.82. The topological polar surface area (TPSA) is 93.7 Å². The molecule has 0 fully saturated rings. The van der Waals surface area contributed by atoms with Gasteiger partial charge < -0.3 is 10.2 Å². The van der Waals surface area contributed by atoms with Crippen molar-refractivity contribution in [3.05, 3.63) is 48.4 Å². The lowest BCUT2D eigenvalue weighted by molar-refractivity contribution is 0.578.